The van der Waals surface area contributed by atoms with Gasteiger partial charge >= 0.3 is 140 Å². The first-order valence-electron chi connectivity index (χ1n) is 6.75. The van der Waals surface area contributed by atoms with Gasteiger partial charge in [-0.3, -0.25) is 0 Å². The first kappa shape index (κ1) is 18.4. The Morgan fingerprint density at radius 3 is 2.62 bits per heavy atom. The SMILES string of the molecule is CC(C)(C)c1ccc(C(C[CH2][Hg][Cl])OC=O)c([N+](=O)[O-])c1. The van der Waals surface area contributed by atoms with E-state index in [1.54, 1.807) is 12.1 Å². The zero-order valence-electron chi connectivity index (χ0n) is 12.5. The molecule has 0 saturated carbocycles. The molecule has 1 atom stereocenters. The van der Waals surface area contributed by atoms with Gasteiger partial charge in [-0.25, -0.2) is 0 Å². The van der Waals surface area contributed by atoms with E-state index >= 15 is 0 Å². The number of benzene rings is 1. The molecule has 0 radical (unpaired) electrons. The molecular weight excluding hydrogens is 482 g/mol. The minimum absolute atomic E-state index is 0.000476. The van der Waals surface area contributed by atoms with Crippen molar-refractivity contribution in [3.05, 3.63) is 39.4 Å². The van der Waals surface area contributed by atoms with E-state index in [0.717, 1.165) is 9.49 Å². The van der Waals surface area contributed by atoms with Crippen molar-refractivity contribution in [3.63, 3.8) is 0 Å². The van der Waals surface area contributed by atoms with Crippen LogP contribution in [0, 0.1) is 10.1 Å². The molecule has 0 aliphatic heterocycles. The number of hydrogen-bond donors (Lipinski definition) is 0. The van der Waals surface area contributed by atoms with Crippen LogP contribution in [0.5, 0.6) is 0 Å². The van der Waals surface area contributed by atoms with E-state index in [-0.39, 0.29) is 11.1 Å². The summed E-state index contributed by atoms with van der Waals surface area (Å²) in [7, 11) is 5.87. The summed E-state index contributed by atoms with van der Waals surface area (Å²) in [4.78, 5) is 21.6. The quantitative estimate of drug-likeness (QED) is 0.244. The van der Waals surface area contributed by atoms with Crippen LogP contribution in [0.25, 0.3) is 0 Å². The second kappa shape index (κ2) is 8.08. The topological polar surface area (TPSA) is 69.4 Å². The number of ether oxygens (including phenoxy) is 1. The van der Waals surface area contributed by atoms with Crippen LogP contribution in [0.1, 0.15) is 44.4 Å². The molecule has 0 spiro atoms. The van der Waals surface area contributed by atoms with Gasteiger partial charge in [-0.2, -0.15) is 0 Å². The van der Waals surface area contributed by atoms with Crippen molar-refractivity contribution >= 4 is 20.4 Å². The number of carbonyl (C=O) groups is 1. The fourth-order valence-corrected chi connectivity index (χ4v) is 5.46. The molecule has 0 amide bonds. The van der Waals surface area contributed by atoms with Crippen molar-refractivity contribution < 1.29 is 37.8 Å². The molecule has 0 aliphatic rings. The number of rotatable bonds is 7. The van der Waals surface area contributed by atoms with Crippen molar-refractivity contribution in [1.29, 1.82) is 0 Å². The van der Waals surface area contributed by atoms with Crippen LogP contribution in [-0.2, 0) is 38.3 Å². The summed E-state index contributed by atoms with van der Waals surface area (Å²) in [6.45, 7) is 6.33. The number of nitro benzene ring substituents is 1. The van der Waals surface area contributed by atoms with Crippen LogP contribution >= 0.6 is 8.25 Å². The molecule has 0 bridgehead atoms. The van der Waals surface area contributed by atoms with Gasteiger partial charge in [-0.15, -0.1) is 0 Å². The summed E-state index contributed by atoms with van der Waals surface area (Å²) in [5.74, 6) is 0. The Morgan fingerprint density at radius 1 is 1.48 bits per heavy atom. The van der Waals surface area contributed by atoms with Crippen LogP contribution in [-0.4, -0.2) is 11.4 Å². The first-order chi connectivity index (χ1) is 9.81. The van der Waals surface area contributed by atoms with Gasteiger partial charge in [0.25, 0.3) is 0 Å². The Morgan fingerprint density at radius 2 is 2.14 bits per heavy atom. The van der Waals surface area contributed by atoms with Crippen LogP contribution in [0.4, 0.5) is 5.69 Å². The molecule has 1 unspecified atom stereocenters. The summed E-state index contributed by atoms with van der Waals surface area (Å²) < 4.78 is 5.87. The first-order valence-corrected chi connectivity index (χ1v) is 17.4. The predicted octanol–water partition coefficient (Wildman–Crippen LogP) is 4.15. The predicted molar refractivity (Wildman–Crippen MR) is 77.0 cm³/mol. The molecule has 0 aromatic heterocycles. The molecule has 21 heavy (non-hydrogen) atoms. The van der Waals surface area contributed by atoms with Gasteiger partial charge in [0, 0.05) is 0 Å². The molecule has 0 fully saturated rings. The number of nitro groups is 1. The maximum absolute atomic E-state index is 11.3. The van der Waals surface area contributed by atoms with Crippen molar-refractivity contribution in [3.8, 4) is 0 Å². The van der Waals surface area contributed by atoms with E-state index in [4.69, 9.17) is 13.0 Å². The summed E-state index contributed by atoms with van der Waals surface area (Å²) in [6.07, 6.45) is -0.0323. The normalized spacial score (nSPS) is 12.4. The monoisotopic (exact) mass is 501 g/mol. The van der Waals surface area contributed by atoms with Gasteiger partial charge in [-0.1, -0.05) is 0 Å². The Hall–Kier alpha value is -0.685. The molecule has 1 aromatic carbocycles. The summed E-state index contributed by atoms with van der Waals surface area (Å²) in [6, 6.07) is 5.12. The average Bonchev–Trinajstić information content (AvgIpc) is 2.41. The fourth-order valence-electron chi connectivity index (χ4n) is 2.07. The Labute approximate surface area is 140 Å². The molecule has 0 N–H and O–H groups in total. The third kappa shape index (κ3) is 5.22. The molecule has 0 heterocycles. The van der Waals surface area contributed by atoms with Crippen molar-refractivity contribution in [1.82, 2.24) is 0 Å². The van der Waals surface area contributed by atoms with Gasteiger partial charge in [0.1, 0.15) is 0 Å². The molecule has 0 saturated heterocycles. The third-order valence-electron chi connectivity index (χ3n) is 3.26. The van der Waals surface area contributed by atoms with E-state index in [0.29, 0.717) is 18.5 Å². The molecule has 0 aliphatic carbocycles. The zero-order valence-corrected chi connectivity index (χ0v) is 18.7. The fraction of sp³-hybridized carbons (Fsp3) is 0.500. The standard InChI is InChI=1S/C14H18NO4.ClH.Hg/c1-5-13(19-9-16)11-7-6-10(14(2,3)4)8-12(11)15(17)18;;/h6-9,13H,1,5H2,2-4H3;1H;/q;;+1/p-1. The Bertz CT molecular complexity index is 516. The van der Waals surface area contributed by atoms with E-state index in [9.17, 15) is 14.9 Å². The second-order valence-corrected chi connectivity index (χ2v) is 13.4. The van der Waals surface area contributed by atoms with Gasteiger partial charge in [0.15, 0.2) is 0 Å². The maximum atomic E-state index is 11.3. The summed E-state index contributed by atoms with van der Waals surface area (Å²) in [5.41, 5.74) is 1.14. The molecule has 1 rings (SSSR count). The summed E-state index contributed by atoms with van der Waals surface area (Å²) in [5, 5.41) is 11.3. The Kier molecular flexibility index (Phi) is 7.07. The minimum atomic E-state index is -1.38. The van der Waals surface area contributed by atoms with E-state index in [2.05, 4.69) is 0 Å². The molecule has 1 aromatic rings. The van der Waals surface area contributed by atoms with Gasteiger partial charge < -0.3 is 0 Å². The number of halogens is 1. The molecule has 5 nitrogen and oxygen atoms in total. The van der Waals surface area contributed by atoms with Crippen molar-refractivity contribution in [2.24, 2.45) is 0 Å². The zero-order chi connectivity index (χ0) is 16.0. The van der Waals surface area contributed by atoms with Crippen molar-refractivity contribution in [2.45, 2.75) is 42.6 Å². The molecular formula is C14H18ClHgNO4. The summed E-state index contributed by atoms with van der Waals surface area (Å²) >= 11 is -1.38. The van der Waals surface area contributed by atoms with Crippen LogP contribution in [0.3, 0.4) is 0 Å². The third-order valence-corrected chi connectivity index (χ3v) is 8.23. The second-order valence-electron chi connectivity index (χ2n) is 5.83. The number of carbonyl (C=O) groups excluding carboxylic acids is 1. The number of nitrogens with zero attached hydrogens (tertiary/aromatic N) is 1. The average molecular weight is 500 g/mol. The van der Waals surface area contributed by atoms with E-state index in [1.165, 1.54) is 0 Å². The van der Waals surface area contributed by atoms with Crippen LogP contribution in [0.15, 0.2) is 18.2 Å². The number of hydrogen-bond acceptors (Lipinski definition) is 4. The van der Waals surface area contributed by atoms with Gasteiger partial charge in [0.05, 0.1) is 0 Å². The van der Waals surface area contributed by atoms with Crippen LogP contribution < -0.4 is 0 Å². The van der Waals surface area contributed by atoms with E-state index < -0.39 is 34.4 Å². The molecule has 7 heteroatoms. The molecule has 112 valence electrons. The van der Waals surface area contributed by atoms with Crippen LogP contribution in [0.2, 0.25) is 3.93 Å². The van der Waals surface area contributed by atoms with E-state index in [1.807, 2.05) is 26.8 Å². The van der Waals surface area contributed by atoms with Gasteiger partial charge in [0.2, 0.25) is 0 Å². The van der Waals surface area contributed by atoms with Crippen molar-refractivity contribution in [2.75, 3.05) is 0 Å². The van der Waals surface area contributed by atoms with Gasteiger partial charge in [-0.05, 0) is 0 Å². The Balaban J connectivity index is 3.26.